The normalized spacial score (nSPS) is 11.2. The highest BCUT2D eigenvalue weighted by molar-refractivity contribution is 9.10. The minimum absolute atomic E-state index is 0.130. The van der Waals surface area contributed by atoms with Gasteiger partial charge in [0.1, 0.15) is 6.29 Å². The van der Waals surface area contributed by atoms with Crippen LogP contribution in [0.2, 0.25) is 0 Å². The van der Waals surface area contributed by atoms with E-state index in [1.807, 2.05) is 0 Å². The van der Waals surface area contributed by atoms with E-state index in [2.05, 4.69) is 25.9 Å². The summed E-state index contributed by atoms with van der Waals surface area (Å²) in [6, 6.07) is 0. The number of carbonyl (C=O) groups is 1. The predicted octanol–water partition coefficient (Wildman–Crippen LogP) is 1.34. The van der Waals surface area contributed by atoms with Crippen molar-refractivity contribution in [3.63, 3.8) is 0 Å². The number of carbonyl (C=O) groups excluding carboxylic acids is 1. The van der Waals surface area contributed by atoms with Crippen LogP contribution in [-0.4, -0.2) is 21.4 Å². The molecule has 0 aromatic carbocycles. The van der Waals surface area contributed by atoms with E-state index < -0.39 is 0 Å². The molecule has 0 atom stereocenters. The first-order valence-electron chi connectivity index (χ1n) is 3.06. The topological polar surface area (TPSA) is 63.1 Å². The largest absolute Gasteiger partial charge is 0.504 e. The highest BCUT2D eigenvalue weighted by Crippen LogP contribution is 2.08. The minimum Gasteiger partial charge on any atom is -0.504 e. The second kappa shape index (κ2) is 3.96. The highest BCUT2D eigenvalue weighted by atomic mass is 79.9. The van der Waals surface area contributed by atoms with Gasteiger partial charge < -0.3 is 5.11 Å². The third kappa shape index (κ3) is 2.13. The Bertz CT molecular complexity index is 308. The lowest BCUT2D eigenvalue weighted by Gasteiger charge is -1.95. The van der Waals surface area contributed by atoms with Crippen molar-refractivity contribution >= 4 is 28.0 Å². The summed E-state index contributed by atoms with van der Waals surface area (Å²) in [6.07, 6.45) is 4.43. The Morgan fingerprint density at radius 1 is 1.50 bits per heavy atom. The van der Waals surface area contributed by atoms with E-state index in [1.165, 1.54) is 12.4 Å². The number of rotatable bonds is 2. The summed E-state index contributed by atoms with van der Waals surface area (Å²) in [5, 5.41) is 9.10. The molecule has 0 bridgehead atoms. The van der Waals surface area contributed by atoms with E-state index in [0.717, 1.165) is 6.08 Å². The highest BCUT2D eigenvalue weighted by Gasteiger charge is 2.00. The molecular formula is C7H5BrN2O2. The molecule has 1 heterocycles. The Hall–Kier alpha value is -1.23. The van der Waals surface area contributed by atoms with Crippen LogP contribution in [0, 0.1) is 0 Å². The van der Waals surface area contributed by atoms with Gasteiger partial charge in [0.2, 0.25) is 0 Å². The summed E-state index contributed by atoms with van der Waals surface area (Å²) in [4.78, 5) is 17.5. The van der Waals surface area contributed by atoms with Crippen molar-refractivity contribution in [1.29, 1.82) is 0 Å². The fourth-order valence-electron chi connectivity index (χ4n) is 0.584. The van der Waals surface area contributed by atoms with Crippen LogP contribution in [0.3, 0.4) is 0 Å². The SMILES string of the molecule is O=CC=C(O)c1ncc(Br)cn1. The van der Waals surface area contributed by atoms with Gasteiger partial charge in [-0.25, -0.2) is 9.97 Å². The number of nitrogens with zero attached hydrogens (tertiary/aromatic N) is 2. The zero-order valence-electron chi connectivity index (χ0n) is 5.94. The third-order valence-electron chi connectivity index (χ3n) is 1.08. The van der Waals surface area contributed by atoms with Crippen molar-refractivity contribution in [2.45, 2.75) is 0 Å². The minimum atomic E-state index is -0.238. The second-order valence-corrected chi connectivity index (χ2v) is 2.83. The molecule has 0 aliphatic heterocycles. The van der Waals surface area contributed by atoms with Gasteiger partial charge in [0, 0.05) is 18.5 Å². The lowest BCUT2D eigenvalue weighted by atomic mass is 10.4. The lowest BCUT2D eigenvalue weighted by Crippen LogP contribution is -1.92. The van der Waals surface area contributed by atoms with E-state index in [9.17, 15) is 4.79 Å². The molecule has 0 saturated heterocycles. The van der Waals surface area contributed by atoms with Gasteiger partial charge >= 0.3 is 0 Å². The quantitative estimate of drug-likeness (QED) is 0.472. The number of hydrogen-bond acceptors (Lipinski definition) is 4. The summed E-state index contributed by atoms with van der Waals surface area (Å²) in [6.45, 7) is 0. The molecule has 0 radical (unpaired) electrons. The van der Waals surface area contributed by atoms with Crippen LogP contribution in [0.25, 0.3) is 5.76 Å². The molecule has 0 spiro atoms. The Balaban J connectivity index is 2.97. The van der Waals surface area contributed by atoms with Crippen molar-refractivity contribution in [3.05, 3.63) is 28.8 Å². The first kappa shape index (κ1) is 8.86. The molecule has 12 heavy (non-hydrogen) atoms. The van der Waals surface area contributed by atoms with Crippen LogP contribution in [0.15, 0.2) is 22.9 Å². The van der Waals surface area contributed by atoms with E-state index in [4.69, 9.17) is 5.11 Å². The maximum atomic E-state index is 9.95. The van der Waals surface area contributed by atoms with Crippen LogP contribution in [0.1, 0.15) is 5.82 Å². The Morgan fingerprint density at radius 3 is 2.58 bits per heavy atom. The average molecular weight is 229 g/mol. The van der Waals surface area contributed by atoms with Crippen LogP contribution >= 0.6 is 15.9 Å². The van der Waals surface area contributed by atoms with Crippen LogP contribution < -0.4 is 0 Å². The van der Waals surface area contributed by atoms with Crippen molar-refractivity contribution in [2.24, 2.45) is 0 Å². The fourth-order valence-corrected chi connectivity index (χ4v) is 0.788. The van der Waals surface area contributed by atoms with Crippen LogP contribution in [-0.2, 0) is 4.79 Å². The van der Waals surface area contributed by atoms with Gasteiger partial charge in [-0.15, -0.1) is 0 Å². The summed E-state index contributed by atoms with van der Waals surface area (Å²) in [5.41, 5.74) is 0. The smallest absolute Gasteiger partial charge is 0.194 e. The molecule has 0 unspecified atom stereocenters. The van der Waals surface area contributed by atoms with Gasteiger partial charge in [-0.05, 0) is 15.9 Å². The summed E-state index contributed by atoms with van der Waals surface area (Å²) in [7, 11) is 0. The van der Waals surface area contributed by atoms with Gasteiger partial charge in [-0.2, -0.15) is 0 Å². The zero-order chi connectivity index (χ0) is 8.97. The van der Waals surface area contributed by atoms with Crippen LogP contribution in [0.5, 0.6) is 0 Å². The summed E-state index contributed by atoms with van der Waals surface area (Å²) in [5.74, 6) is -0.109. The first-order valence-corrected chi connectivity index (χ1v) is 3.85. The number of aliphatic hydroxyl groups is 1. The molecule has 0 saturated carbocycles. The number of halogens is 1. The molecule has 0 amide bonds. The number of aromatic nitrogens is 2. The van der Waals surface area contributed by atoms with Crippen molar-refractivity contribution in [1.82, 2.24) is 9.97 Å². The summed E-state index contributed by atoms with van der Waals surface area (Å²) < 4.78 is 0.713. The standard InChI is InChI=1S/C7H5BrN2O2/c8-5-3-9-7(10-4-5)6(12)1-2-11/h1-4,12H. The van der Waals surface area contributed by atoms with Gasteiger partial charge in [-0.1, -0.05) is 0 Å². The van der Waals surface area contributed by atoms with E-state index in [1.54, 1.807) is 0 Å². The molecule has 0 fully saturated rings. The Morgan fingerprint density at radius 2 is 2.08 bits per heavy atom. The number of hydrogen-bond donors (Lipinski definition) is 1. The number of aliphatic hydroxyl groups excluding tert-OH is 1. The molecule has 4 nitrogen and oxygen atoms in total. The number of aldehydes is 1. The predicted molar refractivity (Wildman–Crippen MR) is 46.4 cm³/mol. The lowest BCUT2D eigenvalue weighted by molar-refractivity contribution is -0.104. The molecule has 1 aromatic rings. The maximum Gasteiger partial charge on any atom is 0.194 e. The molecule has 1 aromatic heterocycles. The maximum absolute atomic E-state index is 9.95. The van der Waals surface area contributed by atoms with Gasteiger partial charge in [0.15, 0.2) is 11.6 Å². The van der Waals surface area contributed by atoms with Crippen molar-refractivity contribution in [3.8, 4) is 0 Å². The second-order valence-electron chi connectivity index (χ2n) is 1.91. The zero-order valence-corrected chi connectivity index (χ0v) is 7.52. The van der Waals surface area contributed by atoms with E-state index in [-0.39, 0.29) is 11.6 Å². The molecule has 0 aliphatic carbocycles. The van der Waals surface area contributed by atoms with Crippen LogP contribution in [0.4, 0.5) is 0 Å². The molecule has 1 N–H and O–H groups in total. The Labute approximate surface area is 77.1 Å². The van der Waals surface area contributed by atoms with Crippen molar-refractivity contribution < 1.29 is 9.90 Å². The Kier molecular flexibility index (Phi) is 2.93. The monoisotopic (exact) mass is 228 g/mol. The molecule has 62 valence electrons. The molecule has 0 aliphatic rings. The van der Waals surface area contributed by atoms with Gasteiger partial charge in [-0.3, -0.25) is 4.79 Å². The van der Waals surface area contributed by atoms with Gasteiger partial charge in [0.05, 0.1) is 4.47 Å². The fraction of sp³-hybridized carbons (Fsp3) is 0. The third-order valence-corrected chi connectivity index (χ3v) is 1.48. The average Bonchev–Trinajstić information content (AvgIpc) is 2.06. The molecule has 1 rings (SSSR count). The van der Waals surface area contributed by atoms with E-state index in [0.29, 0.717) is 10.8 Å². The van der Waals surface area contributed by atoms with Gasteiger partial charge in [0.25, 0.3) is 0 Å². The summed E-state index contributed by atoms with van der Waals surface area (Å²) >= 11 is 3.14. The molecular weight excluding hydrogens is 224 g/mol. The number of allylic oxidation sites excluding steroid dienone is 1. The first-order chi connectivity index (χ1) is 5.74. The molecule has 5 heteroatoms. The van der Waals surface area contributed by atoms with Crippen molar-refractivity contribution in [2.75, 3.05) is 0 Å². The van der Waals surface area contributed by atoms with E-state index >= 15 is 0 Å².